The van der Waals surface area contributed by atoms with Crippen molar-refractivity contribution in [3.8, 4) is 17.1 Å². The van der Waals surface area contributed by atoms with Crippen molar-refractivity contribution >= 4 is 17.6 Å². The maximum absolute atomic E-state index is 14.4. The summed E-state index contributed by atoms with van der Waals surface area (Å²) in [6.07, 6.45) is 0. The summed E-state index contributed by atoms with van der Waals surface area (Å²) in [6, 6.07) is 12.4. The first-order valence-electron chi connectivity index (χ1n) is 7.25. The number of nitrogen functional groups attached to an aromatic ring is 1. The number of halogens is 1. The summed E-state index contributed by atoms with van der Waals surface area (Å²) >= 11 is 0. The van der Waals surface area contributed by atoms with Crippen molar-refractivity contribution in [1.29, 1.82) is 0 Å². The van der Waals surface area contributed by atoms with Crippen LogP contribution in [0.4, 0.5) is 22.0 Å². The third kappa shape index (κ3) is 3.24. The maximum Gasteiger partial charge on any atom is 0.232 e. The molecule has 0 saturated heterocycles. The number of nitrogens with two attached hydrogens (primary N) is 1. The van der Waals surface area contributed by atoms with Crippen molar-refractivity contribution in [2.75, 3.05) is 18.2 Å². The minimum absolute atomic E-state index is 0.00293. The van der Waals surface area contributed by atoms with E-state index in [0.717, 1.165) is 11.3 Å². The van der Waals surface area contributed by atoms with E-state index in [4.69, 9.17) is 10.5 Å². The Balaban J connectivity index is 1.99. The molecule has 0 aliphatic carbocycles. The number of aryl methyl sites for hydroxylation is 1. The molecule has 0 unspecified atom stereocenters. The van der Waals surface area contributed by atoms with Gasteiger partial charge in [-0.15, -0.1) is 0 Å². The van der Waals surface area contributed by atoms with Crippen LogP contribution in [0.5, 0.6) is 5.75 Å². The van der Waals surface area contributed by atoms with E-state index in [-0.39, 0.29) is 29.0 Å². The molecule has 0 aliphatic heterocycles. The van der Waals surface area contributed by atoms with E-state index in [1.807, 2.05) is 31.2 Å². The number of rotatable bonds is 4. The summed E-state index contributed by atoms with van der Waals surface area (Å²) in [5, 5.41) is 3.03. The Morgan fingerprint density at radius 3 is 2.50 bits per heavy atom. The lowest BCUT2D eigenvalue weighted by Gasteiger charge is -2.09. The second-order valence-electron chi connectivity index (χ2n) is 5.15. The summed E-state index contributed by atoms with van der Waals surface area (Å²) in [7, 11) is 1.40. The molecular formula is C17H16FN5O. The molecule has 0 aliphatic rings. The number of ether oxygens (including phenoxy) is 1. The molecule has 122 valence electrons. The summed E-state index contributed by atoms with van der Waals surface area (Å²) in [6.45, 7) is 1.99. The summed E-state index contributed by atoms with van der Waals surface area (Å²) in [4.78, 5) is 12.3. The quantitative estimate of drug-likeness (QED) is 0.765. The fourth-order valence-corrected chi connectivity index (χ4v) is 2.18. The third-order valence-corrected chi connectivity index (χ3v) is 3.38. The van der Waals surface area contributed by atoms with Gasteiger partial charge in [-0.2, -0.15) is 15.0 Å². The van der Waals surface area contributed by atoms with Gasteiger partial charge in [0.2, 0.25) is 11.9 Å². The highest BCUT2D eigenvalue weighted by atomic mass is 19.1. The smallest absolute Gasteiger partial charge is 0.232 e. The highest BCUT2D eigenvalue weighted by Crippen LogP contribution is 2.27. The molecule has 3 rings (SSSR count). The number of aromatic nitrogens is 3. The number of methoxy groups -OCH3 is 1. The normalized spacial score (nSPS) is 10.5. The van der Waals surface area contributed by atoms with Gasteiger partial charge < -0.3 is 15.8 Å². The average Bonchev–Trinajstić information content (AvgIpc) is 2.56. The van der Waals surface area contributed by atoms with Gasteiger partial charge in [-0.25, -0.2) is 4.39 Å². The second-order valence-corrected chi connectivity index (χ2v) is 5.15. The standard InChI is InChI=1S/C17H16FN5O/c1-10-6-8-11(9-7-10)20-17-22-15(21-16(19)23-17)12-4-3-5-13(24-2)14(12)18/h3-9H,1-2H3,(H3,19,20,21,22,23). The van der Waals surface area contributed by atoms with Crippen LogP contribution in [-0.2, 0) is 0 Å². The predicted octanol–water partition coefficient (Wildman–Crippen LogP) is 3.32. The van der Waals surface area contributed by atoms with Crippen molar-refractivity contribution in [3.63, 3.8) is 0 Å². The van der Waals surface area contributed by atoms with Crippen LogP contribution in [0.2, 0.25) is 0 Å². The molecule has 3 N–H and O–H groups in total. The van der Waals surface area contributed by atoms with Crippen LogP contribution in [0.1, 0.15) is 5.56 Å². The van der Waals surface area contributed by atoms with Crippen LogP contribution in [0.15, 0.2) is 42.5 Å². The lowest BCUT2D eigenvalue weighted by molar-refractivity contribution is 0.387. The average molecular weight is 325 g/mol. The topological polar surface area (TPSA) is 86.0 Å². The van der Waals surface area contributed by atoms with Crippen LogP contribution in [-0.4, -0.2) is 22.1 Å². The minimum atomic E-state index is -0.549. The molecule has 2 aromatic carbocycles. The van der Waals surface area contributed by atoms with Gasteiger partial charge in [0.15, 0.2) is 17.4 Å². The third-order valence-electron chi connectivity index (χ3n) is 3.38. The van der Waals surface area contributed by atoms with Gasteiger partial charge in [0.1, 0.15) is 0 Å². The number of anilines is 3. The van der Waals surface area contributed by atoms with E-state index in [2.05, 4.69) is 20.3 Å². The molecule has 0 spiro atoms. The molecule has 3 aromatic rings. The molecule has 0 radical (unpaired) electrons. The zero-order chi connectivity index (χ0) is 17.1. The highest BCUT2D eigenvalue weighted by Gasteiger charge is 2.15. The highest BCUT2D eigenvalue weighted by molar-refractivity contribution is 5.63. The van der Waals surface area contributed by atoms with Crippen LogP contribution in [0.25, 0.3) is 11.4 Å². The molecular weight excluding hydrogens is 309 g/mol. The largest absolute Gasteiger partial charge is 0.494 e. The van der Waals surface area contributed by atoms with Gasteiger partial charge in [-0.1, -0.05) is 23.8 Å². The molecule has 1 heterocycles. The Bertz CT molecular complexity index is 867. The van der Waals surface area contributed by atoms with E-state index in [0.29, 0.717) is 0 Å². The van der Waals surface area contributed by atoms with Crippen LogP contribution in [0.3, 0.4) is 0 Å². The summed E-state index contributed by atoms with van der Waals surface area (Å²) in [5.41, 5.74) is 7.86. The first kappa shape index (κ1) is 15.7. The van der Waals surface area contributed by atoms with Gasteiger partial charge in [0.05, 0.1) is 12.7 Å². The van der Waals surface area contributed by atoms with E-state index in [9.17, 15) is 4.39 Å². The SMILES string of the molecule is COc1cccc(-c2nc(N)nc(Nc3ccc(C)cc3)n2)c1F. The van der Waals surface area contributed by atoms with Gasteiger partial charge in [-0.3, -0.25) is 0 Å². The van der Waals surface area contributed by atoms with Crippen LogP contribution >= 0.6 is 0 Å². The van der Waals surface area contributed by atoms with E-state index in [1.54, 1.807) is 12.1 Å². The van der Waals surface area contributed by atoms with Gasteiger partial charge >= 0.3 is 0 Å². The van der Waals surface area contributed by atoms with Crippen LogP contribution < -0.4 is 15.8 Å². The molecule has 0 saturated carbocycles. The van der Waals surface area contributed by atoms with Crippen molar-refractivity contribution in [2.24, 2.45) is 0 Å². The summed E-state index contributed by atoms with van der Waals surface area (Å²) in [5.74, 6) is -0.0691. The maximum atomic E-state index is 14.4. The Hall–Kier alpha value is -3.22. The minimum Gasteiger partial charge on any atom is -0.494 e. The van der Waals surface area contributed by atoms with Crippen molar-refractivity contribution in [2.45, 2.75) is 6.92 Å². The second kappa shape index (κ2) is 6.49. The van der Waals surface area contributed by atoms with Crippen molar-refractivity contribution in [1.82, 2.24) is 15.0 Å². The van der Waals surface area contributed by atoms with E-state index < -0.39 is 5.82 Å². The molecule has 0 bridgehead atoms. The van der Waals surface area contributed by atoms with Gasteiger partial charge in [0.25, 0.3) is 0 Å². The fourth-order valence-electron chi connectivity index (χ4n) is 2.18. The lowest BCUT2D eigenvalue weighted by atomic mass is 10.2. The van der Waals surface area contributed by atoms with Crippen LogP contribution in [0, 0.1) is 12.7 Å². The van der Waals surface area contributed by atoms with Gasteiger partial charge in [-0.05, 0) is 31.2 Å². The Labute approximate surface area is 138 Å². The monoisotopic (exact) mass is 325 g/mol. The molecule has 0 amide bonds. The first-order valence-corrected chi connectivity index (χ1v) is 7.25. The number of hydrogen-bond donors (Lipinski definition) is 2. The van der Waals surface area contributed by atoms with E-state index in [1.165, 1.54) is 13.2 Å². The molecule has 24 heavy (non-hydrogen) atoms. The fraction of sp³-hybridized carbons (Fsp3) is 0.118. The molecule has 7 heteroatoms. The number of nitrogens with one attached hydrogen (secondary N) is 1. The summed E-state index contributed by atoms with van der Waals surface area (Å²) < 4.78 is 19.4. The van der Waals surface area contributed by atoms with Crippen molar-refractivity contribution < 1.29 is 9.13 Å². The first-order chi connectivity index (χ1) is 11.6. The predicted molar refractivity (Wildman–Crippen MR) is 90.6 cm³/mol. The van der Waals surface area contributed by atoms with Crippen molar-refractivity contribution in [3.05, 3.63) is 53.8 Å². The van der Waals surface area contributed by atoms with Gasteiger partial charge in [0, 0.05) is 5.69 Å². The Kier molecular flexibility index (Phi) is 4.24. The number of hydrogen-bond acceptors (Lipinski definition) is 6. The molecule has 0 atom stereocenters. The lowest BCUT2D eigenvalue weighted by Crippen LogP contribution is -2.06. The van der Waals surface area contributed by atoms with E-state index >= 15 is 0 Å². The zero-order valence-corrected chi connectivity index (χ0v) is 13.2. The molecule has 1 aromatic heterocycles. The zero-order valence-electron chi connectivity index (χ0n) is 13.2. The molecule has 0 fully saturated rings. The Morgan fingerprint density at radius 2 is 1.79 bits per heavy atom. The molecule has 6 nitrogen and oxygen atoms in total. The Morgan fingerprint density at radius 1 is 1.04 bits per heavy atom. The number of nitrogens with zero attached hydrogens (tertiary/aromatic N) is 3. The number of benzene rings is 2.